The molecule has 0 spiro atoms. The Labute approximate surface area is 105 Å². The minimum absolute atomic E-state index is 0.256. The van der Waals surface area contributed by atoms with Gasteiger partial charge in [-0.3, -0.25) is 4.98 Å². The van der Waals surface area contributed by atoms with Crippen LogP contribution < -0.4 is 0 Å². The van der Waals surface area contributed by atoms with E-state index in [0.29, 0.717) is 0 Å². The number of carboxylic acid groups (broad SMARTS) is 1. The van der Waals surface area contributed by atoms with Gasteiger partial charge in [0.25, 0.3) is 0 Å². The maximum atomic E-state index is 10.9. The van der Waals surface area contributed by atoms with Crippen molar-refractivity contribution in [2.75, 3.05) is 0 Å². The van der Waals surface area contributed by atoms with Crippen molar-refractivity contribution in [2.45, 2.75) is 26.2 Å². The van der Waals surface area contributed by atoms with Crippen molar-refractivity contribution >= 4 is 16.9 Å². The van der Waals surface area contributed by atoms with E-state index < -0.39 is 5.97 Å². The van der Waals surface area contributed by atoms with Crippen molar-refractivity contribution in [3.05, 3.63) is 41.1 Å². The summed E-state index contributed by atoms with van der Waals surface area (Å²) in [5.41, 5.74) is 3.91. The maximum Gasteiger partial charge on any atom is 0.337 e. The average molecular weight is 241 g/mol. The van der Waals surface area contributed by atoms with Crippen LogP contribution in [0, 0.1) is 5.92 Å². The van der Waals surface area contributed by atoms with Gasteiger partial charge in [-0.25, -0.2) is 4.79 Å². The molecular weight excluding hydrogens is 226 g/mol. The molecule has 1 atom stereocenters. The molecule has 1 aliphatic carbocycles. The predicted octanol–water partition coefficient (Wildman–Crippen LogP) is 3.06. The minimum atomic E-state index is -0.921. The number of fused-ring (bicyclic) bond motifs is 3. The zero-order valence-corrected chi connectivity index (χ0v) is 10.3. The largest absolute Gasteiger partial charge is 0.478 e. The number of hydrogen-bond acceptors (Lipinski definition) is 2. The first-order chi connectivity index (χ1) is 8.65. The number of aromatic carboxylic acids is 1. The SMILES string of the molecule is CC1CCc2c(ccc3cc(C(=O)O)cnc23)C1. The van der Waals surface area contributed by atoms with Gasteiger partial charge in [-0.05, 0) is 42.4 Å². The van der Waals surface area contributed by atoms with E-state index in [0.717, 1.165) is 29.7 Å². The zero-order chi connectivity index (χ0) is 12.7. The van der Waals surface area contributed by atoms with Gasteiger partial charge < -0.3 is 5.11 Å². The third-order valence-corrected chi connectivity index (χ3v) is 3.76. The molecule has 2 aromatic rings. The number of carbonyl (C=O) groups is 1. The Balaban J connectivity index is 2.18. The topological polar surface area (TPSA) is 50.2 Å². The quantitative estimate of drug-likeness (QED) is 0.834. The van der Waals surface area contributed by atoms with E-state index in [1.165, 1.54) is 23.7 Å². The second kappa shape index (κ2) is 4.09. The van der Waals surface area contributed by atoms with E-state index in [2.05, 4.69) is 18.0 Å². The molecule has 0 saturated carbocycles. The number of pyridine rings is 1. The average Bonchev–Trinajstić information content (AvgIpc) is 2.37. The Morgan fingerprint density at radius 3 is 3.06 bits per heavy atom. The summed E-state index contributed by atoms with van der Waals surface area (Å²) in [4.78, 5) is 15.3. The number of hydrogen-bond donors (Lipinski definition) is 1. The normalized spacial score (nSPS) is 18.6. The highest BCUT2D eigenvalue weighted by Crippen LogP contribution is 2.30. The third kappa shape index (κ3) is 1.76. The van der Waals surface area contributed by atoms with Crippen molar-refractivity contribution < 1.29 is 9.90 Å². The summed E-state index contributed by atoms with van der Waals surface area (Å²) in [7, 11) is 0. The minimum Gasteiger partial charge on any atom is -0.478 e. The Hall–Kier alpha value is -1.90. The van der Waals surface area contributed by atoms with Gasteiger partial charge in [-0.1, -0.05) is 19.1 Å². The van der Waals surface area contributed by atoms with Crippen LogP contribution in [0.2, 0.25) is 0 Å². The van der Waals surface area contributed by atoms with Gasteiger partial charge in [-0.15, -0.1) is 0 Å². The molecule has 1 heterocycles. The van der Waals surface area contributed by atoms with Crippen LogP contribution in [0.5, 0.6) is 0 Å². The molecule has 1 N–H and O–H groups in total. The highest BCUT2D eigenvalue weighted by atomic mass is 16.4. The molecule has 0 amide bonds. The van der Waals surface area contributed by atoms with Crippen LogP contribution in [0.15, 0.2) is 24.4 Å². The molecule has 1 aliphatic rings. The molecule has 92 valence electrons. The number of nitrogens with zero attached hydrogens (tertiary/aromatic N) is 1. The Morgan fingerprint density at radius 1 is 1.44 bits per heavy atom. The van der Waals surface area contributed by atoms with Gasteiger partial charge in [0.05, 0.1) is 11.1 Å². The van der Waals surface area contributed by atoms with Crippen LogP contribution >= 0.6 is 0 Å². The van der Waals surface area contributed by atoms with Crippen molar-refractivity contribution in [1.82, 2.24) is 4.98 Å². The van der Waals surface area contributed by atoms with Crippen LogP contribution in [0.4, 0.5) is 0 Å². The second-order valence-corrected chi connectivity index (χ2v) is 5.15. The molecule has 1 unspecified atom stereocenters. The molecule has 0 saturated heterocycles. The summed E-state index contributed by atoms with van der Waals surface area (Å²) >= 11 is 0. The van der Waals surface area contributed by atoms with E-state index in [1.54, 1.807) is 6.07 Å². The summed E-state index contributed by atoms with van der Waals surface area (Å²) in [6.45, 7) is 2.27. The molecule has 18 heavy (non-hydrogen) atoms. The zero-order valence-electron chi connectivity index (χ0n) is 10.3. The smallest absolute Gasteiger partial charge is 0.337 e. The molecule has 3 rings (SSSR count). The van der Waals surface area contributed by atoms with E-state index in [4.69, 9.17) is 5.11 Å². The standard InChI is InChI=1S/C15H15NO2/c1-9-2-5-13-10(6-9)3-4-11-7-12(15(17)18)8-16-14(11)13/h3-4,7-9H,2,5-6H2,1H3,(H,17,18). The summed E-state index contributed by atoms with van der Waals surface area (Å²) in [6, 6.07) is 5.83. The van der Waals surface area contributed by atoms with Gasteiger partial charge in [0.15, 0.2) is 0 Å². The molecule has 1 aromatic carbocycles. The fourth-order valence-corrected chi connectivity index (χ4v) is 2.76. The van der Waals surface area contributed by atoms with Crippen LogP contribution in [0.1, 0.15) is 34.8 Å². The van der Waals surface area contributed by atoms with Gasteiger partial charge in [0, 0.05) is 11.6 Å². The lowest BCUT2D eigenvalue weighted by molar-refractivity contribution is 0.0696. The number of aryl methyl sites for hydroxylation is 1. The summed E-state index contributed by atoms with van der Waals surface area (Å²) in [5, 5.41) is 9.91. The lowest BCUT2D eigenvalue weighted by Gasteiger charge is -2.22. The summed E-state index contributed by atoms with van der Waals surface area (Å²) < 4.78 is 0. The van der Waals surface area contributed by atoms with E-state index in [-0.39, 0.29) is 5.56 Å². The molecular formula is C15H15NO2. The van der Waals surface area contributed by atoms with E-state index >= 15 is 0 Å². The van der Waals surface area contributed by atoms with Crippen LogP contribution in [-0.2, 0) is 12.8 Å². The number of benzene rings is 1. The van der Waals surface area contributed by atoms with Gasteiger partial charge in [0.1, 0.15) is 0 Å². The lowest BCUT2D eigenvalue weighted by Crippen LogP contribution is -2.12. The van der Waals surface area contributed by atoms with Crippen LogP contribution in [0.3, 0.4) is 0 Å². The van der Waals surface area contributed by atoms with Crippen molar-refractivity contribution in [3.63, 3.8) is 0 Å². The highest BCUT2D eigenvalue weighted by molar-refractivity contribution is 5.93. The summed E-state index contributed by atoms with van der Waals surface area (Å²) in [6.07, 6.45) is 4.80. The molecule has 3 heteroatoms. The Morgan fingerprint density at radius 2 is 2.28 bits per heavy atom. The Kier molecular flexibility index (Phi) is 2.54. The van der Waals surface area contributed by atoms with E-state index in [1.807, 2.05) is 6.07 Å². The fraction of sp³-hybridized carbons (Fsp3) is 0.333. The molecule has 0 bridgehead atoms. The van der Waals surface area contributed by atoms with Gasteiger partial charge >= 0.3 is 5.97 Å². The summed E-state index contributed by atoms with van der Waals surface area (Å²) in [5.74, 6) is -0.191. The van der Waals surface area contributed by atoms with Crippen molar-refractivity contribution in [1.29, 1.82) is 0 Å². The van der Waals surface area contributed by atoms with Gasteiger partial charge in [0.2, 0.25) is 0 Å². The third-order valence-electron chi connectivity index (χ3n) is 3.76. The molecule has 0 fully saturated rings. The van der Waals surface area contributed by atoms with Gasteiger partial charge in [-0.2, -0.15) is 0 Å². The Bertz CT molecular complexity index is 634. The maximum absolute atomic E-state index is 10.9. The highest BCUT2D eigenvalue weighted by Gasteiger charge is 2.18. The van der Waals surface area contributed by atoms with Crippen LogP contribution in [-0.4, -0.2) is 16.1 Å². The van der Waals surface area contributed by atoms with E-state index in [9.17, 15) is 4.79 Å². The first-order valence-electron chi connectivity index (χ1n) is 6.29. The monoisotopic (exact) mass is 241 g/mol. The molecule has 0 aliphatic heterocycles. The van der Waals surface area contributed by atoms with Crippen LogP contribution in [0.25, 0.3) is 10.9 Å². The van der Waals surface area contributed by atoms with Crippen molar-refractivity contribution in [2.24, 2.45) is 5.92 Å². The second-order valence-electron chi connectivity index (χ2n) is 5.15. The molecule has 1 aromatic heterocycles. The number of aromatic nitrogens is 1. The van der Waals surface area contributed by atoms with Crippen molar-refractivity contribution in [3.8, 4) is 0 Å². The lowest BCUT2D eigenvalue weighted by atomic mass is 9.84. The fourth-order valence-electron chi connectivity index (χ4n) is 2.76. The molecule has 3 nitrogen and oxygen atoms in total. The molecule has 0 radical (unpaired) electrons. The number of carboxylic acids is 1. The first kappa shape index (κ1) is 11.2. The first-order valence-corrected chi connectivity index (χ1v) is 6.29. The number of rotatable bonds is 1. The predicted molar refractivity (Wildman–Crippen MR) is 69.9 cm³/mol.